The first-order chi connectivity index (χ1) is 11.8. The van der Waals surface area contributed by atoms with Gasteiger partial charge in [-0.1, -0.05) is 74.0 Å². The van der Waals surface area contributed by atoms with Crippen molar-refractivity contribution in [1.29, 1.82) is 0 Å². The van der Waals surface area contributed by atoms with Crippen LogP contribution in [-0.4, -0.2) is 35.8 Å². The van der Waals surface area contributed by atoms with E-state index in [2.05, 4.69) is 60.4 Å². The smallest absolute Gasteiger partial charge is 0.110 e. The van der Waals surface area contributed by atoms with Gasteiger partial charge in [0.1, 0.15) is 12.2 Å². The molecule has 0 spiro atoms. The highest BCUT2D eigenvalue weighted by atomic mass is 16.6. The van der Waals surface area contributed by atoms with Crippen LogP contribution in [-0.2, 0) is 11.3 Å². The summed E-state index contributed by atoms with van der Waals surface area (Å²) in [4.78, 5) is 2.26. The number of nitrogens with zero attached hydrogens (tertiary/aromatic N) is 1. The number of rotatable bonds is 7. The molecule has 1 heterocycles. The Hall–Kier alpha value is -1.68. The molecule has 0 saturated carbocycles. The molecule has 1 saturated heterocycles. The fraction of sp³-hybridized carbons (Fsp3) is 0.429. The van der Waals surface area contributed by atoms with E-state index < -0.39 is 0 Å². The maximum absolute atomic E-state index is 9.28. The highest BCUT2D eigenvalue weighted by molar-refractivity contribution is 5.27. The van der Waals surface area contributed by atoms with E-state index in [0.717, 1.165) is 13.1 Å². The van der Waals surface area contributed by atoms with Crippen molar-refractivity contribution >= 4 is 0 Å². The van der Waals surface area contributed by atoms with Crippen molar-refractivity contribution in [2.45, 2.75) is 39.5 Å². The van der Waals surface area contributed by atoms with Crippen molar-refractivity contribution in [3.8, 4) is 0 Å². The van der Waals surface area contributed by atoms with Crippen molar-refractivity contribution in [3.63, 3.8) is 0 Å². The average molecular weight is 327 g/mol. The lowest BCUT2D eigenvalue weighted by molar-refractivity contribution is 0.178. The molecule has 2 aromatic rings. The van der Waals surface area contributed by atoms with E-state index in [1.807, 2.05) is 19.9 Å². The number of ether oxygens (including phenoxy) is 1. The average Bonchev–Trinajstić information content (AvgIpc) is 3.37. The third kappa shape index (κ3) is 5.45. The monoisotopic (exact) mass is 327 g/mol. The summed E-state index contributed by atoms with van der Waals surface area (Å²) in [5, 5.41) is 9.28. The van der Waals surface area contributed by atoms with Gasteiger partial charge in [-0.15, -0.1) is 0 Å². The molecule has 2 aromatic carbocycles. The van der Waals surface area contributed by atoms with Crippen LogP contribution in [0.25, 0.3) is 0 Å². The molecule has 1 N–H and O–H groups in total. The molecule has 0 aliphatic carbocycles. The predicted molar refractivity (Wildman–Crippen MR) is 98.9 cm³/mol. The third-order valence-corrected chi connectivity index (χ3v) is 4.06. The number of hydrogen-bond donors (Lipinski definition) is 1. The number of epoxide rings is 1. The van der Waals surface area contributed by atoms with E-state index in [0.29, 0.717) is 6.54 Å². The molecule has 1 aliphatic heterocycles. The topological polar surface area (TPSA) is 36.0 Å². The Bertz CT molecular complexity index is 600. The van der Waals surface area contributed by atoms with E-state index in [1.54, 1.807) is 0 Å². The van der Waals surface area contributed by atoms with E-state index in [4.69, 9.17) is 4.74 Å². The molecule has 1 aliphatic rings. The van der Waals surface area contributed by atoms with Crippen LogP contribution >= 0.6 is 0 Å². The van der Waals surface area contributed by atoms with Crippen LogP contribution < -0.4 is 0 Å². The molecule has 24 heavy (non-hydrogen) atoms. The van der Waals surface area contributed by atoms with E-state index >= 15 is 0 Å². The zero-order valence-electron chi connectivity index (χ0n) is 15.0. The summed E-state index contributed by atoms with van der Waals surface area (Å²) >= 11 is 0. The molecular weight excluding hydrogens is 298 g/mol. The molecule has 3 heteroatoms. The van der Waals surface area contributed by atoms with Crippen LogP contribution in [0.3, 0.4) is 0 Å². The molecule has 1 fully saturated rings. The van der Waals surface area contributed by atoms with Gasteiger partial charge in [-0.2, -0.15) is 0 Å². The normalized spacial score (nSPS) is 18.9. The maximum atomic E-state index is 9.28. The fourth-order valence-corrected chi connectivity index (χ4v) is 2.89. The zero-order chi connectivity index (χ0) is 17.4. The van der Waals surface area contributed by atoms with Gasteiger partial charge >= 0.3 is 0 Å². The summed E-state index contributed by atoms with van der Waals surface area (Å²) in [7, 11) is 0. The van der Waals surface area contributed by atoms with Gasteiger partial charge in [0.05, 0.1) is 6.61 Å². The van der Waals surface area contributed by atoms with Crippen molar-refractivity contribution in [2.24, 2.45) is 0 Å². The Morgan fingerprint density at radius 3 is 2.46 bits per heavy atom. The van der Waals surface area contributed by atoms with Gasteiger partial charge in [-0.3, -0.25) is 4.90 Å². The van der Waals surface area contributed by atoms with Crippen molar-refractivity contribution in [1.82, 2.24) is 4.90 Å². The standard InChI is InChI=1S/C19H23NO2.C2H6/c1-15-6-5-9-17(12-15)19-18(22-19)14-20(10-11-21)13-16-7-3-2-4-8-16;1-2/h2-9,12,18-19,21H,10-11,13-14H2,1H3;1-2H3. The van der Waals surface area contributed by atoms with Gasteiger partial charge in [-0.25, -0.2) is 0 Å². The summed E-state index contributed by atoms with van der Waals surface area (Å²) in [6.07, 6.45) is 0.439. The Kier molecular flexibility index (Phi) is 7.44. The van der Waals surface area contributed by atoms with Crippen LogP contribution in [0.2, 0.25) is 0 Å². The predicted octanol–water partition coefficient (Wildman–Crippen LogP) is 3.96. The maximum Gasteiger partial charge on any atom is 0.110 e. The highest BCUT2D eigenvalue weighted by Crippen LogP contribution is 2.39. The molecule has 2 atom stereocenters. The van der Waals surface area contributed by atoms with Crippen molar-refractivity contribution in [2.75, 3.05) is 19.7 Å². The molecule has 0 bridgehead atoms. The Morgan fingerprint density at radius 1 is 1.04 bits per heavy atom. The van der Waals surface area contributed by atoms with Crippen LogP contribution in [0.1, 0.15) is 36.6 Å². The molecule has 3 nitrogen and oxygen atoms in total. The first kappa shape index (κ1) is 18.7. The number of aryl methyl sites for hydroxylation is 1. The molecular formula is C21H29NO2. The third-order valence-electron chi connectivity index (χ3n) is 4.06. The summed E-state index contributed by atoms with van der Waals surface area (Å²) in [6, 6.07) is 18.9. The number of aliphatic hydroxyl groups is 1. The van der Waals surface area contributed by atoms with E-state index in [-0.39, 0.29) is 18.8 Å². The van der Waals surface area contributed by atoms with Gasteiger partial charge in [0.25, 0.3) is 0 Å². The minimum absolute atomic E-state index is 0.175. The Labute approximate surface area is 145 Å². The van der Waals surface area contributed by atoms with Gasteiger partial charge in [0, 0.05) is 19.6 Å². The summed E-state index contributed by atoms with van der Waals surface area (Å²) in [5.74, 6) is 0. The Balaban J connectivity index is 0.00000100. The molecule has 3 rings (SSSR count). The van der Waals surface area contributed by atoms with Crippen molar-refractivity contribution in [3.05, 3.63) is 71.3 Å². The second kappa shape index (κ2) is 9.58. The molecule has 0 aromatic heterocycles. The van der Waals surface area contributed by atoms with Crippen LogP contribution in [0.15, 0.2) is 54.6 Å². The summed E-state index contributed by atoms with van der Waals surface area (Å²) < 4.78 is 5.85. The molecule has 0 amide bonds. The quantitative estimate of drug-likeness (QED) is 0.782. The summed E-state index contributed by atoms with van der Waals surface area (Å²) in [6.45, 7) is 8.66. The molecule has 0 radical (unpaired) electrons. The first-order valence-corrected chi connectivity index (χ1v) is 8.85. The highest BCUT2D eigenvalue weighted by Gasteiger charge is 2.40. The molecule has 130 valence electrons. The van der Waals surface area contributed by atoms with E-state index in [1.165, 1.54) is 16.7 Å². The van der Waals surface area contributed by atoms with Crippen LogP contribution in [0, 0.1) is 6.92 Å². The fourth-order valence-electron chi connectivity index (χ4n) is 2.89. The number of hydrogen-bond acceptors (Lipinski definition) is 3. The van der Waals surface area contributed by atoms with Gasteiger partial charge in [0.15, 0.2) is 0 Å². The lowest BCUT2D eigenvalue weighted by Gasteiger charge is -2.20. The zero-order valence-corrected chi connectivity index (χ0v) is 15.0. The van der Waals surface area contributed by atoms with E-state index in [9.17, 15) is 5.11 Å². The SMILES string of the molecule is CC.Cc1cccc(C2OC2CN(CCO)Cc2ccccc2)c1. The number of benzene rings is 2. The summed E-state index contributed by atoms with van der Waals surface area (Å²) in [5.41, 5.74) is 3.79. The second-order valence-electron chi connectivity index (χ2n) is 5.95. The minimum Gasteiger partial charge on any atom is -0.395 e. The van der Waals surface area contributed by atoms with Crippen molar-refractivity contribution < 1.29 is 9.84 Å². The van der Waals surface area contributed by atoms with Gasteiger partial charge in [0.2, 0.25) is 0 Å². The Morgan fingerprint density at radius 2 is 1.79 bits per heavy atom. The van der Waals surface area contributed by atoms with Gasteiger partial charge < -0.3 is 9.84 Å². The van der Waals surface area contributed by atoms with Crippen LogP contribution in [0.4, 0.5) is 0 Å². The largest absolute Gasteiger partial charge is 0.395 e. The van der Waals surface area contributed by atoms with Crippen LogP contribution in [0.5, 0.6) is 0 Å². The minimum atomic E-state index is 0.175. The number of aliphatic hydroxyl groups excluding tert-OH is 1. The molecule has 2 unspecified atom stereocenters. The first-order valence-electron chi connectivity index (χ1n) is 8.85. The second-order valence-corrected chi connectivity index (χ2v) is 5.95. The lowest BCUT2D eigenvalue weighted by Crippen LogP contribution is -2.30. The lowest BCUT2D eigenvalue weighted by atomic mass is 10.1. The van der Waals surface area contributed by atoms with Gasteiger partial charge in [-0.05, 0) is 18.1 Å².